The van der Waals surface area contributed by atoms with Crippen LogP contribution in [0.5, 0.6) is 0 Å². The van der Waals surface area contributed by atoms with Crippen LogP contribution >= 0.6 is 0 Å². The van der Waals surface area contributed by atoms with E-state index in [0.29, 0.717) is 19.4 Å². The molecule has 0 aromatic carbocycles. The molecule has 1 fully saturated rings. The van der Waals surface area contributed by atoms with E-state index in [1.54, 1.807) is 25.7 Å². The van der Waals surface area contributed by atoms with Gasteiger partial charge in [-0.1, -0.05) is 44.6 Å². The summed E-state index contributed by atoms with van der Waals surface area (Å²) in [6.45, 7) is 11.8. The number of urea groups is 1. The number of hydrogen-bond donors (Lipinski definition) is 2. The molecule has 0 aromatic heterocycles. The first-order chi connectivity index (χ1) is 16.5. The molecule has 9 heteroatoms. The lowest BCUT2D eigenvalue weighted by atomic mass is 10.0. The van der Waals surface area contributed by atoms with Gasteiger partial charge in [0.25, 0.3) is 0 Å². The Morgan fingerprint density at radius 1 is 1.17 bits per heavy atom. The summed E-state index contributed by atoms with van der Waals surface area (Å²) in [6, 6.07) is -1.39. The van der Waals surface area contributed by atoms with E-state index < -0.39 is 35.8 Å². The molecule has 0 aliphatic carbocycles. The maximum Gasteiger partial charge on any atom is 0.411 e. The Morgan fingerprint density at radius 2 is 1.86 bits per heavy atom. The molecule has 0 spiro atoms. The minimum Gasteiger partial charge on any atom is -0.444 e. The Bertz CT molecular complexity index is 800. The fraction of sp³-hybridized carbons (Fsp3) is 0.692. The number of ether oxygens (including phenoxy) is 1. The number of hydrogen-bond acceptors (Lipinski definition) is 5. The van der Waals surface area contributed by atoms with Crippen LogP contribution in [0.2, 0.25) is 0 Å². The number of piperidine rings is 1. The Labute approximate surface area is 210 Å². The molecule has 0 radical (unpaired) electrons. The van der Waals surface area contributed by atoms with Gasteiger partial charge >= 0.3 is 12.1 Å². The summed E-state index contributed by atoms with van der Waals surface area (Å²) in [5, 5.41) is 4.94. The van der Waals surface area contributed by atoms with Crippen molar-refractivity contribution in [3.8, 4) is 0 Å². The molecule has 2 N–H and O–H groups in total. The lowest BCUT2D eigenvalue weighted by molar-refractivity contribution is -0.138. The third-order valence-corrected chi connectivity index (χ3v) is 5.67. The maximum absolute atomic E-state index is 13.5. The van der Waals surface area contributed by atoms with Crippen LogP contribution in [0, 0.1) is 0 Å². The van der Waals surface area contributed by atoms with Gasteiger partial charge in [-0.25, -0.2) is 9.59 Å². The second-order valence-corrected chi connectivity index (χ2v) is 9.57. The Morgan fingerprint density at radius 3 is 2.37 bits per heavy atom. The van der Waals surface area contributed by atoms with Gasteiger partial charge in [-0.2, -0.15) is 0 Å². The predicted molar refractivity (Wildman–Crippen MR) is 137 cm³/mol. The van der Waals surface area contributed by atoms with Gasteiger partial charge in [0, 0.05) is 26.4 Å². The van der Waals surface area contributed by atoms with E-state index in [-0.39, 0.29) is 18.7 Å². The highest BCUT2D eigenvalue weighted by molar-refractivity contribution is 6.01. The quantitative estimate of drug-likeness (QED) is 0.251. The summed E-state index contributed by atoms with van der Waals surface area (Å²) in [4.78, 5) is 54.1. The van der Waals surface area contributed by atoms with Gasteiger partial charge in [0.05, 0.1) is 0 Å². The first kappa shape index (κ1) is 30.2. The van der Waals surface area contributed by atoms with Crippen molar-refractivity contribution in [1.82, 2.24) is 20.4 Å². The van der Waals surface area contributed by atoms with Crippen molar-refractivity contribution >= 4 is 23.9 Å². The van der Waals surface area contributed by atoms with E-state index in [0.717, 1.165) is 19.3 Å². The zero-order valence-electron chi connectivity index (χ0n) is 22.5. The second kappa shape index (κ2) is 14.5. The van der Waals surface area contributed by atoms with Crippen molar-refractivity contribution in [2.75, 3.05) is 13.6 Å². The van der Waals surface area contributed by atoms with Crippen LogP contribution in [-0.2, 0) is 14.3 Å². The van der Waals surface area contributed by atoms with E-state index in [9.17, 15) is 19.2 Å². The summed E-state index contributed by atoms with van der Waals surface area (Å²) < 4.78 is 5.74. The van der Waals surface area contributed by atoms with Gasteiger partial charge < -0.3 is 10.1 Å². The Balaban J connectivity index is 3.53. The van der Waals surface area contributed by atoms with E-state index in [2.05, 4.69) is 30.6 Å². The minimum absolute atomic E-state index is 0.118. The molecule has 1 aliphatic rings. The van der Waals surface area contributed by atoms with Crippen molar-refractivity contribution in [3.63, 3.8) is 0 Å². The Hall–Kier alpha value is -2.84. The molecule has 1 saturated heterocycles. The lowest BCUT2D eigenvalue weighted by Crippen LogP contribution is -2.64. The van der Waals surface area contributed by atoms with Crippen molar-refractivity contribution in [2.24, 2.45) is 0 Å². The molecular formula is C26H44N4O5. The average molecular weight is 493 g/mol. The molecule has 0 aromatic rings. The van der Waals surface area contributed by atoms with E-state index in [4.69, 9.17) is 4.74 Å². The number of carbonyl (C=O) groups is 4. The summed E-state index contributed by atoms with van der Waals surface area (Å²) in [5.74, 6) is -0.912. The predicted octanol–water partition coefficient (Wildman–Crippen LogP) is 4.49. The molecule has 9 nitrogen and oxygen atoms in total. The SMILES string of the molecule is CC/C=C/CC(N(CC/C(=C/CC)CC)C(=O)OC(C)(C)C)N(C(=O)NC)C1CCC(=O)NC1=O. The first-order valence-electron chi connectivity index (χ1n) is 12.6. The van der Waals surface area contributed by atoms with Crippen LogP contribution in [0.3, 0.4) is 0 Å². The number of imide groups is 1. The van der Waals surface area contributed by atoms with Gasteiger partial charge in [-0.15, -0.1) is 0 Å². The smallest absolute Gasteiger partial charge is 0.411 e. The monoisotopic (exact) mass is 492 g/mol. The second-order valence-electron chi connectivity index (χ2n) is 9.57. The molecular weight excluding hydrogens is 448 g/mol. The molecule has 198 valence electrons. The molecule has 0 saturated carbocycles. The Kier molecular flexibility index (Phi) is 12.5. The highest BCUT2D eigenvalue weighted by Crippen LogP contribution is 2.24. The van der Waals surface area contributed by atoms with Crippen LogP contribution in [0.1, 0.15) is 86.5 Å². The minimum atomic E-state index is -0.894. The van der Waals surface area contributed by atoms with Crippen LogP contribution in [0.25, 0.3) is 0 Å². The normalized spacial score (nSPS) is 17.7. The van der Waals surface area contributed by atoms with Crippen molar-refractivity contribution in [1.29, 1.82) is 0 Å². The zero-order chi connectivity index (χ0) is 26.6. The summed E-state index contributed by atoms with van der Waals surface area (Å²) in [5.41, 5.74) is 0.467. The van der Waals surface area contributed by atoms with Crippen LogP contribution in [0.15, 0.2) is 23.8 Å². The molecule has 2 unspecified atom stereocenters. The van der Waals surface area contributed by atoms with Gasteiger partial charge in [-0.05, 0) is 52.9 Å². The number of nitrogens with one attached hydrogen (secondary N) is 2. The lowest BCUT2D eigenvalue weighted by Gasteiger charge is -2.43. The highest BCUT2D eigenvalue weighted by atomic mass is 16.6. The summed E-state index contributed by atoms with van der Waals surface area (Å²) in [6.07, 6.45) is 8.45. The first-order valence-corrected chi connectivity index (χ1v) is 12.6. The van der Waals surface area contributed by atoms with Gasteiger partial charge in [0.15, 0.2) is 0 Å². The highest BCUT2D eigenvalue weighted by Gasteiger charge is 2.42. The van der Waals surface area contributed by atoms with Crippen LogP contribution in [-0.4, -0.2) is 65.1 Å². The topological polar surface area (TPSA) is 108 Å². The van der Waals surface area contributed by atoms with E-state index in [1.807, 2.05) is 19.1 Å². The van der Waals surface area contributed by atoms with Crippen LogP contribution in [0.4, 0.5) is 9.59 Å². The van der Waals surface area contributed by atoms with E-state index >= 15 is 0 Å². The molecule has 5 amide bonds. The number of nitrogens with zero attached hydrogens (tertiary/aromatic N) is 2. The van der Waals surface area contributed by atoms with Gasteiger partial charge in [0.2, 0.25) is 11.8 Å². The number of allylic oxidation sites excluding steroid dienone is 2. The molecule has 35 heavy (non-hydrogen) atoms. The average Bonchev–Trinajstić information content (AvgIpc) is 2.78. The molecule has 1 heterocycles. The maximum atomic E-state index is 13.5. The standard InChI is InChI=1S/C26H44N4O5/c1-8-11-12-14-22(30(24(33)27-7)20-15-16-21(31)28-23(20)32)29(25(34)35-26(4,5)6)18-17-19(10-3)13-9-2/h11-13,20,22H,8-10,14-18H2,1-7H3,(H,27,33)(H,28,31,32)/b12-11+,19-13+. The summed E-state index contributed by atoms with van der Waals surface area (Å²) >= 11 is 0. The number of rotatable bonds is 11. The molecule has 1 aliphatic heterocycles. The zero-order valence-corrected chi connectivity index (χ0v) is 22.5. The molecule has 2 atom stereocenters. The van der Waals surface area contributed by atoms with E-state index in [1.165, 1.54) is 17.5 Å². The third-order valence-electron chi connectivity index (χ3n) is 5.67. The fourth-order valence-corrected chi connectivity index (χ4v) is 4.00. The third kappa shape index (κ3) is 9.74. The molecule has 0 bridgehead atoms. The number of carbonyl (C=O) groups excluding carboxylic acids is 4. The summed E-state index contributed by atoms with van der Waals surface area (Å²) in [7, 11) is 1.48. The molecule has 1 rings (SSSR count). The largest absolute Gasteiger partial charge is 0.444 e. The number of amides is 5. The van der Waals surface area contributed by atoms with Crippen LogP contribution < -0.4 is 10.6 Å². The van der Waals surface area contributed by atoms with Gasteiger partial charge in [0.1, 0.15) is 17.8 Å². The fourth-order valence-electron chi connectivity index (χ4n) is 4.00. The van der Waals surface area contributed by atoms with Crippen molar-refractivity contribution in [2.45, 2.75) is 104 Å². The van der Waals surface area contributed by atoms with Gasteiger partial charge in [-0.3, -0.25) is 24.7 Å². The van der Waals surface area contributed by atoms with Crippen molar-refractivity contribution in [3.05, 3.63) is 23.8 Å². The van der Waals surface area contributed by atoms with Crippen molar-refractivity contribution < 1.29 is 23.9 Å².